The van der Waals surface area contributed by atoms with E-state index in [-0.39, 0.29) is 5.50 Å². The van der Waals surface area contributed by atoms with E-state index in [2.05, 4.69) is 138 Å². The number of para-hydroxylation sites is 2. The number of anilines is 1. The Hall–Kier alpha value is -4.67. The molecular weight excluding hydrogens is 508 g/mol. The molecule has 8 aromatic rings. The fraction of sp³-hybridized carbons (Fsp3) is 0.0556. The first-order valence-corrected chi connectivity index (χ1v) is 14.5. The predicted octanol–water partition coefficient (Wildman–Crippen LogP) is 10.2. The molecule has 0 amide bonds. The molecule has 0 spiro atoms. The zero-order valence-corrected chi connectivity index (χ0v) is 22.7. The van der Waals surface area contributed by atoms with E-state index >= 15 is 0 Å². The van der Waals surface area contributed by atoms with Gasteiger partial charge in [0.25, 0.3) is 0 Å². The van der Waals surface area contributed by atoms with Crippen LogP contribution in [0.3, 0.4) is 0 Å². The van der Waals surface area contributed by atoms with Gasteiger partial charge in [-0.05, 0) is 46.7 Å². The van der Waals surface area contributed by atoms with Crippen molar-refractivity contribution in [3.63, 3.8) is 0 Å². The number of hydrogen-bond donors (Lipinski definition) is 0. The van der Waals surface area contributed by atoms with Crippen LogP contribution in [0.5, 0.6) is 0 Å². The molecule has 1 aliphatic rings. The van der Waals surface area contributed by atoms with Crippen LogP contribution in [0.15, 0.2) is 131 Å². The summed E-state index contributed by atoms with van der Waals surface area (Å²) in [6, 6.07) is 43.6. The molecule has 6 aromatic carbocycles. The maximum Gasteiger partial charge on any atom is 0.159 e. The van der Waals surface area contributed by atoms with E-state index in [9.17, 15) is 0 Å². The van der Waals surface area contributed by atoms with E-state index in [4.69, 9.17) is 4.42 Å². The Morgan fingerprint density at radius 1 is 0.650 bits per heavy atom. The SMILES string of the molecule is CN1c2cc(-c3ccccc3)c3oc4ccccc4c3c2SC1n1c2ccccc2c2cc3ccccc3cc21. The molecule has 1 atom stereocenters. The quantitative estimate of drug-likeness (QED) is 0.221. The molecule has 4 heteroatoms. The van der Waals surface area contributed by atoms with Crippen LogP contribution in [0.1, 0.15) is 5.50 Å². The van der Waals surface area contributed by atoms with Crippen molar-refractivity contribution in [3.05, 3.63) is 121 Å². The average molecular weight is 533 g/mol. The summed E-state index contributed by atoms with van der Waals surface area (Å²) in [6.45, 7) is 0. The summed E-state index contributed by atoms with van der Waals surface area (Å²) in [7, 11) is 2.23. The zero-order chi connectivity index (χ0) is 26.4. The molecule has 3 nitrogen and oxygen atoms in total. The first-order valence-electron chi connectivity index (χ1n) is 13.6. The van der Waals surface area contributed by atoms with Gasteiger partial charge in [-0.25, -0.2) is 0 Å². The van der Waals surface area contributed by atoms with Gasteiger partial charge < -0.3 is 13.9 Å². The van der Waals surface area contributed by atoms with Gasteiger partial charge in [-0.2, -0.15) is 0 Å². The van der Waals surface area contributed by atoms with E-state index in [1.807, 2.05) is 11.8 Å². The summed E-state index contributed by atoms with van der Waals surface area (Å²) in [6.07, 6.45) is 0. The molecule has 0 aliphatic carbocycles. The van der Waals surface area contributed by atoms with Crippen LogP contribution in [-0.4, -0.2) is 11.6 Å². The Balaban J connectivity index is 1.34. The lowest BCUT2D eigenvalue weighted by Gasteiger charge is -2.25. The maximum absolute atomic E-state index is 6.57. The second kappa shape index (κ2) is 8.17. The van der Waals surface area contributed by atoms with E-state index in [0.29, 0.717) is 0 Å². The lowest BCUT2D eigenvalue weighted by Crippen LogP contribution is -2.22. The number of furan rings is 1. The molecule has 0 N–H and O–H groups in total. The number of rotatable bonds is 2. The van der Waals surface area contributed by atoms with Gasteiger partial charge in [0.05, 0.1) is 16.7 Å². The van der Waals surface area contributed by atoms with Gasteiger partial charge in [-0.3, -0.25) is 0 Å². The zero-order valence-electron chi connectivity index (χ0n) is 21.8. The van der Waals surface area contributed by atoms with Crippen molar-refractivity contribution < 1.29 is 4.42 Å². The van der Waals surface area contributed by atoms with E-state index < -0.39 is 0 Å². The second-order valence-corrected chi connectivity index (χ2v) is 11.7. The number of nitrogens with zero attached hydrogens (tertiary/aromatic N) is 2. The summed E-state index contributed by atoms with van der Waals surface area (Å²) in [5.74, 6) is 0. The summed E-state index contributed by atoms with van der Waals surface area (Å²) >= 11 is 1.92. The third-order valence-corrected chi connectivity index (χ3v) is 9.79. The second-order valence-electron chi connectivity index (χ2n) is 10.6. The van der Waals surface area contributed by atoms with Crippen LogP contribution < -0.4 is 4.90 Å². The normalized spacial score (nSPS) is 15.2. The highest BCUT2D eigenvalue weighted by Gasteiger charge is 2.35. The molecule has 1 unspecified atom stereocenters. The summed E-state index contributed by atoms with van der Waals surface area (Å²) in [5.41, 5.74) is 7.99. The highest BCUT2D eigenvalue weighted by Crippen LogP contribution is 2.56. The van der Waals surface area contributed by atoms with Crippen LogP contribution in [0, 0.1) is 0 Å². The van der Waals surface area contributed by atoms with Crippen LogP contribution in [0.25, 0.3) is 65.6 Å². The van der Waals surface area contributed by atoms with Crippen LogP contribution >= 0.6 is 11.8 Å². The van der Waals surface area contributed by atoms with Gasteiger partial charge in [0.2, 0.25) is 0 Å². The molecule has 0 saturated carbocycles. The van der Waals surface area contributed by atoms with Crippen molar-refractivity contribution in [1.29, 1.82) is 0 Å². The largest absolute Gasteiger partial charge is 0.455 e. The van der Waals surface area contributed by atoms with Crippen molar-refractivity contribution >= 4 is 72.0 Å². The van der Waals surface area contributed by atoms with Gasteiger partial charge in [0.15, 0.2) is 5.50 Å². The van der Waals surface area contributed by atoms with Crippen molar-refractivity contribution in [1.82, 2.24) is 4.57 Å². The van der Waals surface area contributed by atoms with Crippen LogP contribution in [0.2, 0.25) is 0 Å². The number of benzene rings is 6. The Kier molecular flexibility index (Phi) is 4.53. The van der Waals surface area contributed by atoms with Crippen molar-refractivity contribution in [2.75, 3.05) is 11.9 Å². The summed E-state index contributed by atoms with van der Waals surface area (Å²) in [4.78, 5) is 3.72. The first-order chi connectivity index (χ1) is 19.8. The average Bonchev–Trinajstić information content (AvgIpc) is 3.65. The summed E-state index contributed by atoms with van der Waals surface area (Å²) in [5, 5.41) is 7.49. The van der Waals surface area contributed by atoms with E-state index in [1.165, 1.54) is 59.5 Å². The minimum atomic E-state index is 0.0569. The molecule has 0 bridgehead atoms. The highest BCUT2D eigenvalue weighted by molar-refractivity contribution is 8.00. The minimum absolute atomic E-state index is 0.0569. The van der Waals surface area contributed by atoms with Gasteiger partial charge in [-0.1, -0.05) is 103 Å². The standard InChI is InChI=1S/C36H24N2OS/c1-37-31-21-27(22-11-3-2-4-12-22)34-33(26-16-8-10-18-32(26)39-34)35(31)40-36(37)38-29-17-9-7-15-25(29)28-19-23-13-5-6-14-24(23)20-30(28)38/h2-21,36H,1H3. The lowest BCUT2D eigenvalue weighted by atomic mass is 10.0. The Morgan fingerprint density at radius 3 is 2.20 bits per heavy atom. The van der Waals surface area contributed by atoms with Gasteiger partial charge in [-0.15, -0.1) is 0 Å². The monoisotopic (exact) mass is 532 g/mol. The molecule has 0 radical (unpaired) electrons. The number of thioether (sulfide) groups is 1. The van der Waals surface area contributed by atoms with Crippen LogP contribution in [-0.2, 0) is 0 Å². The van der Waals surface area contributed by atoms with Crippen molar-refractivity contribution in [3.8, 4) is 11.1 Å². The predicted molar refractivity (Wildman–Crippen MR) is 169 cm³/mol. The smallest absolute Gasteiger partial charge is 0.159 e. The Morgan fingerprint density at radius 2 is 1.35 bits per heavy atom. The van der Waals surface area contributed by atoms with Gasteiger partial charge in [0.1, 0.15) is 11.2 Å². The molecule has 1 aliphatic heterocycles. The number of fused-ring (bicyclic) bond motifs is 9. The van der Waals surface area contributed by atoms with E-state index in [0.717, 1.165) is 16.7 Å². The minimum Gasteiger partial charge on any atom is -0.455 e. The fourth-order valence-electron chi connectivity index (χ4n) is 6.52. The van der Waals surface area contributed by atoms with E-state index in [1.54, 1.807) is 0 Å². The van der Waals surface area contributed by atoms with Crippen LogP contribution in [0.4, 0.5) is 5.69 Å². The molecule has 2 aromatic heterocycles. The Bertz CT molecular complexity index is 2280. The number of hydrogen-bond acceptors (Lipinski definition) is 3. The fourth-order valence-corrected chi connectivity index (χ4v) is 7.98. The topological polar surface area (TPSA) is 21.3 Å². The van der Waals surface area contributed by atoms with Crippen molar-refractivity contribution in [2.45, 2.75) is 10.4 Å². The highest BCUT2D eigenvalue weighted by atomic mass is 32.2. The molecule has 190 valence electrons. The molecular formula is C36H24N2OS. The van der Waals surface area contributed by atoms with Gasteiger partial charge in [0, 0.05) is 39.1 Å². The first kappa shape index (κ1) is 22.2. The number of aromatic nitrogens is 1. The molecule has 0 saturated heterocycles. The molecule has 3 heterocycles. The Labute approximate surface area is 235 Å². The third-order valence-electron chi connectivity index (χ3n) is 8.40. The molecule has 9 rings (SSSR count). The van der Waals surface area contributed by atoms with Crippen molar-refractivity contribution in [2.24, 2.45) is 0 Å². The third kappa shape index (κ3) is 2.97. The summed E-state index contributed by atoms with van der Waals surface area (Å²) < 4.78 is 9.10. The maximum atomic E-state index is 6.57. The lowest BCUT2D eigenvalue weighted by molar-refractivity contribution is 0.669. The molecule has 0 fully saturated rings. The van der Waals surface area contributed by atoms with Gasteiger partial charge >= 0.3 is 0 Å². The molecule has 40 heavy (non-hydrogen) atoms.